The van der Waals surface area contributed by atoms with Crippen LogP contribution in [0.4, 0.5) is 0 Å². The zero-order valence-corrected chi connectivity index (χ0v) is 17.4. The van der Waals surface area contributed by atoms with Crippen LogP contribution >= 0.6 is 11.6 Å². The van der Waals surface area contributed by atoms with Crippen LogP contribution in [0.5, 0.6) is 17.2 Å². The van der Waals surface area contributed by atoms with E-state index in [1.807, 2.05) is 44.2 Å². The molecule has 1 heterocycles. The molecule has 0 spiro atoms. The number of halogens is 1. The quantitative estimate of drug-likeness (QED) is 0.600. The van der Waals surface area contributed by atoms with Crippen LogP contribution in [-0.4, -0.2) is 24.9 Å². The van der Waals surface area contributed by atoms with Gasteiger partial charge >= 0.3 is 0 Å². The second kappa shape index (κ2) is 8.46. The van der Waals surface area contributed by atoms with E-state index in [4.69, 9.17) is 25.8 Å². The Morgan fingerprint density at radius 1 is 1.10 bits per heavy atom. The van der Waals surface area contributed by atoms with Crippen molar-refractivity contribution in [3.05, 3.63) is 62.9 Å². The summed E-state index contributed by atoms with van der Waals surface area (Å²) < 4.78 is 18.0. The number of benzene rings is 2. The van der Waals surface area contributed by atoms with Crippen LogP contribution in [0.15, 0.2) is 41.2 Å². The second-order valence-electron chi connectivity index (χ2n) is 6.73. The van der Waals surface area contributed by atoms with Gasteiger partial charge in [0.25, 0.3) is 5.56 Å². The predicted octanol–water partition coefficient (Wildman–Crippen LogP) is 4.38. The van der Waals surface area contributed by atoms with E-state index in [9.17, 15) is 10.1 Å². The third kappa shape index (κ3) is 4.01. The predicted molar refractivity (Wildman–Crippen MR) is 112 cm³/mol. The minimum absolute atomic E-state index is 0.0861. The van der Waals surface area contributed by atoms with Crippen molar-refractivity contribution in [1.82, 2.24) is 4.57 Å². The lowest BCUT2D eigenvalue weighted by Gasteiger charge is -2.18. The summed E-state index contributed by atoms with van der Waals surface area (Å²) in [6.07, 6.45) is -0.0861. The minimum Gasteiger partial charge on any atom is -0.497 e. The maximum absolute atomic E-state index is 13.0. The molecule has 0 bridgehead atoms. The highest BCUT2D eigenvalue weighted by molar-refractivity contribution is 6.36. The minimum atomic E-state index is -0.457. The smallest absolute Gasteiger partial charge is 0.270 e. The van der Waals surface area contributed by atoms with Crippen molar-refractivity contribution in [3.63, 3.8) is 0 Å². The zero-order valence-electron chi connectivity index (χ0n) is 16.7. The van der Waals surface area contributed by atoms with E-state index in [1.54, 1.807) is 19.2 Å². The largest absolute Gasteiger partial charge is 0.497 e. The molecule has 3 aromatic rings. The van der Waals surface area contributed by atoms with Crippen molar-refractivity contribution < 1.29 is 14.2 Å². The molecule has 0 aliphatic rings. The lowest BCUT2D eigenvalue weighted by atomic mass is 10.1. The number of pyridine rings is 1. The van der Waals surface area contributed by atoms with Crippen LogP contribution < -0.4 is 19.8 Å². The summed E-state index contributed by atoms with van der Waals surface area (Å²) in [4.78, 5) is 13.0. The molecule has 0 aliphatic carbocycles. The average molecular weight is 413 g/mol. The van der Waals surface area contributed by atoms with E-state index in [2.05, 4.69) is 0 Å². The van der Waals surface area contributed by atoms with E-state index in [0.29, 0.717) is 22.4 Å². The van der Waals surface area contributed by atoms with E-state index < -0.39 is 5.56 Å². The first-order valence-corrected chi connectivity index (χ1v) is 9.41. The third-order valence-electron chi connectivity index (χ3n) is 4.46. The fraction of sp³-hybridized carbons (Fsp3) is 0.273. The SMILES string of the molecule is COc1ccc(Cn2c(=O)c(C#N)c(Cl)c3cc(OC)c(OC(C)C)cc32)cc1. The molecule has 0 saturated carbocycles. The maximum atomic E-state index is 13.0. The first-order valence-electron chi connectivity index (χ1n) is 9.03. The molecule has 1 aromatic heterocycles. The molecule has 150 valence electrons. The van der Waals surface area contributed by atoms with Crippen molar-refractivity contribution in [3.8, 4) is 23.3 Å². The van der Waals surface area contributed by atoms with Gasteiger partial charge in [-0.15, -0.1) is 0 Å². The van der Waals surface area contributed by atoms with Crippen molar-refractivity contribution >= 4 is 22.5 Å². The number of methoxy groups -OCH3 is 2. The zero-order chi connectivity index (χ0) is 21.1. The monoisotopic (exact) mass is 412 g/mol. The maximum Gasteiger partial charge on any atom is 0.270 e. The van der Waals surface area contributed by atoms with Crippen molar-refractivity contribution in [1.29, 1.82) is 5.26 Å². The molecule has 2 aromatic carbocycles. The van der Waals surface area contributed by atoms with Gasteiger partial charge in [-0.05, 0) is 37.6 Å². The van der Waals surface area contributed by atoms with Gasteiger partial charge in [-0.1, -0.05) is 23.7 Å². The number of nitriles is 1. The van der Waals surface area contributed by atoms with Crippen molar-refractivity contribution in [2.75, 3.05) is 14.2 Å². The molecule has 6 nitrogen and oxygen atoms in total. The van der Waals surface area contributed by atoms with Crippen molar-refractivity contribution in [2.45, 2.75) is 26.5 Å². The molecule has 0 radical (unpaired) electrons. The normalized spacial score (nSPS) is 10.8. The number of nitrogens with zero attached hydrogens (tertiary/aromatic N) is 2. The summed E-state index contributed by atoms with van der Waals surface area (Å²) in [6, 6.07) is 12.7. The first kappa shape index (κ1) is 20.6. The average Bonchev–Trinajstić information content (AvgIpc) is 2.71. The molecule has 0 aliphatic heterocycles. The molecular weight excluding hydrogens is 392 g/mol. The lowest BCUT2D eigenvalue weighted by molar-refractivity contribution is 0.230. The summed E-state index contributed by atoms with van der Waals surface area (Å²) in [6.45, 7) is 4.07. The van der Waals surface area contributed by atoms with Gasteiger partial charge in [0.1, 0.15) is 17.4 Å². The topological polar surface area (TPSA) is 73.5 Å². The van der Waals surface area contributed by atoms with Gasteiger partial charge in [-0.25, -0.2) is 0 Å². The number of rotatable bonds is 6. The number of fused-ring (bicyclic) bond motifs is 1. The van der Waals surface area contributed by atoms with E-state index in [0.717, 1.165) is 11.3 Å². The Bertz CT molecular complexity index is 1140. The van der Waals surface area contributed by atoms with Crippen LogP contribution in [0.3, 0.4) is 0 Å². The lowest BCUT2D eigenvalue weighted by Crippen LogP contribution is -2.24. The molecule has 0 N–H and O–H groups in total. The van der Waals surface area contributed by atoms with Gasteiger partial charge in [0.15, 0.2) is 11.5 Å². The Labute approximate surface area is 173 Å². The Hall–Kier alpha value is -3.17. The van der Waals surface area contributed by atoms with Crippen molar-refractivity contribution in [2.24, 2.45) is 0 Å². The molecule has 29 heavy (non-hydrogen) atoms. The number of aromatic nitrogens is 1. The van der Waals surface area contributed by atoms with Crippen LogP contribution in [0, 0.1) is 11.3 Å². The van der Waals surface area contributed by atoms with E-state index in [1.165, 1.54) is 11.7 Å². The van der Waals surface area contributed by atoms with Gasteiger partial charge in [0.2, 0.25) is 0 Å². The fourth-order valence-electron chi connectivity index (χ4n) is 3.09. The summed E-state index contributed by atoms with van der Waals surface area (Å²) in [5, 5.41) is 10.1. The standard InChI is InChI=1S/C22H21ClN2O4/c1-13(2)29-20-10-18-16(9-19(20)28-4)21(23)17(11-24)22(26)25(18)12-14-5-7-15(27-3)8-6-14/h5-10,13H,12H2,1-4H3. The highest BCUT2D eigenvalue weighted by Crippen LogP contribution is 2.36. The van der Waals surface area contributed by atoms with Crippen LogP contribution in [-0.2, 0) is 6.54 Å². The molecule has 0 saturated heterocycles. The number of ether oxygens (including phenoxy) is 3. The number of hydrogen-bond acceptors (Lipinski definition) is 5. The Balaban J connectivity index is 2.27. The Kier molecular flexibility index (Phi) is 6.00. The summed E-state index contributed by atoms with van der Waals surface area (Å²) in [5.74, 6) is 1.70. The number of hydrogen-bond donors (Lipinski definition) is 0. The summed E-state index contributed by atoms with van der Waals surface area (Å²) in [7, 11) is 3.12. The Morgan fingerprint density at radius 2 is 1.79 bits per heavy atom. The van der Waals surface area contributed by atoms with Crippen LogP contribution in [0.25, 0.3) is 10.9 Å². The molecule has 0 amide bonds. The van der Waals surface area contributed by atoms with E-state index in [-0.39, 0.29) is 23.2 Å². The van der Waals surface area contributed by atoms with Crippen LogP contribution in [0.1, 0.15) is 25.0 Å². The summed E-state index contributed by atoms with van der Waals surface area (Å²) >= 11 is 6.40. The molecule has 0 atom stereocenters. The molecule has 7 heteroatoms. The molecule has 3 rings (SSSR count). The Morgan fingerprint density at radius 3 is 2.34 bits per heavy atom. The van der Waals surface area contributed by atoms with Gasteiger partial charge in [0.05, 0.1) is 37.4 Å². The van der Waals surface area contributed by atoms with Gasteiger partial charge < -0.3 is 18.8 Å². The second-order valence-corrected chi connectivity index (χ2v) is 7.10. The van der Waals surface area contributed by atoms with Gasteiger partial charge in [-0.2, -0.15) is 5.26 Å². The highest BCUT2D eigenvalue weighted by atomic mass is 35.5. The summed E-state index contributed by atoms with van der Waals surface area (Å²) in [5.41, 5.74) is 0.877. The molecule has 0 unspecified atom stereocenters. The molecule has 0 fully saturated rings. The van der Waals surface area contributed by atoms with E-state index >= 15 is 0 Å². The van der Waals surface area contributed by atoms with Gasteiger partial charge in [-0.3, -0.25) is 4.79 Å². The van der Waals surface area contributed by atoms with Crippen LogP contribution in [0.2, 0.25) is 5.02 Å². The fourth-order valence-corrected chi connectivity index (χ4v) is 3.37. The highest BCUT2D eigenvalue weighted by Gasteiger charge is 2.19. The first-order chi connectivity index (χ1) is 13.9. The molecular formula is C22H21ClN2O4. The third-order valence-corrected chi connectivity index (χ3v) is 4.85. The van der Waals surface area contributed by atoms with Gasteiger partial charge in [0, 0.05) is 11.5 Å².